The number of Topliss-reactive ketones (excluding diaryl/α,β-unsaturated/α-hetero) is 2. The van der Waals surface area contributed by atoms with Crippen molar-refractivity contribution in [3.8, 4) is 0 Å². The second-order valence-corrected chi connectivity index (χ2v) is 18.4. The average Bonchev–Trinajstić information content (AvgIpc) is 4.02. The third-order valence-corrected chi connectivity index (χ3v) is 13.2. The van der Waals surface area contributed by atoms with E-state index in [1.54, 1.807) is 30.5 Å². The molecule has 1 aliphatic carbocycles. The maximum atomic E-state index is 14.7. The number of carbonyl (C=O) groups excluding carboxylic acids is 8. The molecule has 6 atom stereocenters. The summed E-state index contributed by atoms with van der Waals surface area (Å²) in [5, 5.41) is 14.9. The number of aromatic nitrogens is 3. The fourth-order valence-electron chi connectivity index (χ4n) is 9.21. The summed E-state index contributed by atoms with van der Waals surface area (Å²) in [5.74, 6) is -7.20. The Morgan fingerprint density at radius 2 is 1.51 bits per heavy atom. The van der Waals surface area contributed by atoms with Crippen LogP contribution in [0.4, 0.5) is 0 Å². The summed E-state index contributed by atoms with van der Waals surface area (Å²) in [7, 11) is 0. The Balaban J connectivity index is 1.32. The lowest BCUT2D eigenvalue weighted by atomic mass is 9.84. The molecule has 0 spiro atoms. The van der Waals surface area contributed by atoms with Gasteiger partial charge in [0, 0.05) is 91.9 Å². The number of imidazole rings is 1. The smallest absolute Gasteiger partial charge is 0.243 e. The van der Waals surface area contributed by atoms with E-state index in [1.807, 2.05) is 30.3 Å². The van der Waals surface area contributed by atoms with Gasteiger partial charge in [0.1, 0.15) is 23.9 Å². The molecule has 4 aromatic rings. The number of nitrogens with zero attached hydrogens (tertiary/aromatic N) is 2. The van der Waals surface area contributed by atoms with E-state index in [0.717, 1.165) is 35.7 Å². The number of guanidine groups is 1. The molecule has 2 aromatic carbocycles. The molecule has 20 heteroatoms. The van der Waals surface area contributed by atoms with Crippen LogP contribution in [0.15, 0.2) is 78.3 Å². The van der Waals surface area contributed by atoms with E-state index in [4.69, 9.17) is 17.2 Å². The highest BCUT2D eigenvalue weighted by atomic mass is 16.2. The molecule has 3 heterocycles. The number of rotatable bonds is 15. The van der Waals surface area contributed by atoms with Crippen molar-refractivity contribution in [3.63, 3.8) is 0 Å². The Kier molecular flexibility index (Phi) is 19.2. The predicted molar refractivity (Wildman–Crippen MR) is 261 cm³/mol. The van der Waals surface area contributed by atoms with Crippen LogP contribution in [-0.2, 0) is 57.6 Å². The van der Waals surface area contributed by atoms with Gasteiger partial charge in [0.2, 0.25) is 35.4 Å². The van der Waals surface area contributed by atoms with Crippen molar-refractivity contribution in [2.24, 2.45) is 39.9 Å². The summed E-state index contributed by atoms with van der Waals surface area (Å²) in [6.45, 7) is 0.0583. The van der Waals surface area contributed by atoms with Crippen LogP contribution in [0.3, 0.4) is 0 Å². The van der Waals surface area contributed by atoms with Gasteiger partial charge in [-0.05, 0) is 62.1 Å². The summed E-state index contributed by atoms with van der Waals surface area (Å²) in [5.41, 5.74) is 19.8. The first-order chi connectivity index (χ1) is 33.7. The molecular formula is C50H66N12O8. The highest BCUT2D eigenvalue weighted by Crippen LogP contribution is 2.25. The van der Waals surface area contributed by atoms with Crippen LogP contribution in [0.25, 0.3) is 10.9 Å². The van der Waals surface area contributed by atoms with Gasteiger partial charge in [0.25, 0.3) is 0 Å². The Morgan fingerprint density at radius 3 is 2.24 bits per heavy atom. The number of aliphatic imine (C=N–C) groups is 1. The fraction of sp³-hybridized carbons (Fsp3) is 0.480. The molecule has 1 aliphatic heterocycles. The van der Waals surface area contributed by atoms with Crippen LogP contribution in [0.1, 0.15) is 93.9 Å². The zero-order valence-corrected chi connectivity index (χ0v) is 39.4. The Morgan fingerprint density at radius 1 is 0.771 bits per heavy atom. The highest BCUT2D eigenvalue weighted by molar-refractivity contribution is 5.98. The monoisotopic (exact) mass is 963 g/mol. The molecule has 2 fully saturated rings. The maximum absolute atomic E-state index is 14.7. The van der Waals surface area contributed by atoms with Gasteiger partial charge < -0.3 is 53.8 Å². The number of primary amides is 1. The van der Waals surface area contributed by atoms with Gasteiger partial charge in [-0.15, -0.1) is 0 Å². The molecular weight excluding hydrogens is 897 g/mol. The molecule has 13 N–H and O–H groups in total. The van der Waals surface area contributed by atoms with Crippen molar-refractivity contribution in [3.05, 3.63) is 90.1 Å². The van der Waals surface area contributed by atoms with E-state index in [-0.39, 0.29) is 95.1 Å². The van der Waals surface area contributed by atoms with Gasteiger partial charge >= 0.3 is 0 Å². The lowest BCUT2D eigenvalue weighted by Gasteiger charge is -2.27. The predicted octanol–water partition coefficient (Wildman–Crippen LogP) is 1.43. The van der Waals surface area contributed by atoms with E-state index in [1.165, 1.54) is 12.5 Å². The lowest BCUT2D eigenvalue weighted by Crippen LogP contribution is -2.57. The van der Waals surface area contributed by atoms with Crippen LogP contribution in [-0.4, -0.2) is 105 Å². The standard InChI is InChI=1S/C50H66N12O8/c51-45(66)40(23-34-27-57-37-16-8-7-15-36(34)37)61-47(68)33-19-21-55-44(65)18-17-38(59-46(67)31-12-5-2-6-13-31)48(69)62-41(26-35-28-54-29-58-35)49(70)60-39(22-30-10-3-1-4-11-30)43(64)24-32(42(63)25-33)14-9-20-56-50(52)53/h1,3-4,7-8,10-11,15-16,27-29,31-33,38-41,57H,2,5-6,9,12-14,17-26H2,(H2,51,66)(H,54,58)(H,55,65)(H,59,67)(H,60,70)(H,61,68)(H,62,69)(H4,52,53,56)/t32-,33-,38+,39-,40+,41+/m1/s1. The third-order valence-electron chi connectivity index (χ3n) is 13.2. The normalized spacial score (nSPS) is 22.0. The number of amides is 6. The van der Waals surface area contributed by atoms with Crippen molar-refractivity contribution in [2.75, 3.05) is 13.1 Å². The maximum Gasteiger partial charge on any atom is 0.243 e. The number of para-hydroxylation sites is 1. The van der Waals surface area contributed by atoms with Crippen LogP contribution < -0.4 is 43.8 Å². The Labute approximate surface area is 406 Å². The van der Waals surface area contributed by atoms with Gasteiger partial charge in [-0.3, -0.25) is 43.3 Å². The average molecular weight is 963 g/mol. The molecule has 1 saturated heterocycles. The minimum absolute atomic E-state index is 0.0366. The van der Waals surface area contributed by atoms with Crippen molar-refractivity contribution >= 4 is 63.9 Å². The van der Waals surface area contributed by atoms with E-state index in [0.29, 0.717) is 24.1 Å². The highest BCUT2D eigenvalue weighted by Gasteiger charge is 2.35. The molecule has 374 valence electrons. The minimum Gasteiger partial charge on any atom is -0.370 e. The van der Waals surface area contributed by atoms with Crippen molar-refractivity contribution < 1.29 is 38.4 Å². The molecule has 1 saturated carbocycles. The first kappa shape index (κ1) is 52.0. The summed E-state index contributed by atoms with van der Waals surface area (Å²) >= 11 is 0. The van der Waals surface area contributed by atoms with Crippen LogP contribution in [0.5, 0.6) is 0 Å². The van der Waals surface area contributed by atoms with Gasteiger partial charge in [-0.1, -0.05) is 67.8 Å². The van der Waals surface area contributed by atoms with Crippen molar-refractivity contribution in [1.82, 2.24) is 41.5 Å². The third kappa shape index (κ3) is 15.6. The second kappa shape index (κ2) is 25.8. The van der Waals surface area contributed by atoms with E-state index in [2.05, 4.69) is 46.5 Å². The number of ketones is 2. The molecule has 2 aliphatic rings. The molecule has 6 amide bonds. The van der Waals surface area contributed by atoms with Gasteiger partial charge in [-0.2, -0.15) is 0 Å². The number of H-pyrrole nitrogens is 2. The number of nitrogens with one attached hydrogen (secondary N) is 7. The van der Waals surface area contributed by atoms with Gasteiger partial charge in [-0.25, -0.2) is 4.98 Å². The van der Waals surface area contributed by atoms with Gasteiger partial charge in [0.15, 0.2) is 11.7 Å². The van der Waals surface area contributed by atoms with Crippen LogP contribution >= 0.6 is 0 Å². The number of hydrogen-bond donors (Lipinski definition) is 10. The molecule has 6 rings (SSSR count). The number of hydrogen-bond acceptors (Lipinski definition) is 10. The molecule has 0 radical (unpaired) electrons. The van der Waals surface area contributed by atoms with Gasteiger partial charge in [0.05, 0.1) is 12.4 Å². The fourth-order valence-corrected chi connectivity index (χ4v) is 9.21. The number of carbonyl (C=O) groups is 8. The zero-order chi connectivity index (χ0) is 50.0. The van der Waals surface area contributed by atoms with E-state index in [9.17, 15) is 38.4 Å². The first-order valence-electron chi connectivity index (χ1n) is 24.2. The number of fused-ring (bicyclic) bond motifs is 1. The summed E-state index contributed by atoms with van der Waals surface area (Å²) in [6, 6.07) is 11.6. The van der Waals surface area contributed by atoms with Crippen LogP contribution in [0, 0.1) is 17.8 Å². The topological polar surface area (TPSA) is 332 Å². The molecule has 70 heavy (non-hydrogen) atoms. The Hall–Kier alpha value is -7.38. The number of benzene rings is 2. The molecule has 2 aromatic heterocycles. The zero-order valence-electron chi connectivity index (χ0n) is 39.4. The van der Waals surface area contributed by atoms with Crippen LogP contribution in [0.2, 0.25) is 0 Å². The number of aromatic amines is 2. The van der Waals surface area contributed by atoms with E-state index < -0.39 is 77.1 Å². The lowest BCUT2D eigenvalue weighted by molar-refractivity contribution is -0.135. The largest absolute Gasteiger partial charge is 0.370 e. The summed E-state index contributed by atoms with van der Waals surface area (Å²) in [4.78, 5) is 127. The molecule has 0 bridgehead atoms. The summed E-state index contributed by atoms with van der Waals surface area (Å²) in [6.07, 6.45) is 7.98. The molecule has 0 unspecified atom stereocenters. The Bertz CT molecular complexity index is 2460. The molecule has 20 nitrogen and oxygen atoms in total. The van der Waals surface area contributed by atoms with E-state index >= 15 is 0 Å². The quantitative estimate of drug-likeness (QED) is 0.0462. The van der Waals surface area contributed by atoms with Crippen molar-refractivity contribution in [1.29, 1.82) is 0 Å². The second-order valence-electron chi connectivity index (χ2n) is 18.4. The first-order valence-corrected chi connectivity index (χ1v) is 24.2. The minimum atomic E-state index is -1.28. The van der Waals surface area contributed by atoms with Crippen molar-refractivity contribution in [2.45, 2.75) is 120 Å². The SMILES string of the molecule is NC(=O)[C@H](Cc1c[nH]c2ccccc12)NC(=O)[C@@H]1CCNC(=O)CC[C@H](NC(=O)C2CCCCC2)C(=O)N[C@@H](Cc2cnc[nH]2)C(=O)N[C@H](Cc2ccccc2)C(=O)C[C@@H](CCCN=C(N)N)C(=O)C1. The summed E-state index contributed by atoms with van der Waals surface area (Å²) < 4.78 is 0. The number of nitrogens with two attached hydrogens (primary N) is 3.